The Morgan fingerprint density at radius 2 is 2.20 bits per heavy atom. The lowest BCUT2D eigenvalue weighted by atomic mass is 9.88. The summed E-state index contributed by atoms with van der Waals surface area (Å²) in [5.41, 5.74) is 5.46. The Kier molecular flexibility index (Phi) is 5.85. The van der Waals surface area contributed by atoms with Crippen molar-refractivity contribution in [3.63, 3.8) is 0 Å². The van der Waals surface area contributed by atoms with E-state index in [9.17, 15) is 4.79 Å². The third kappa shape index (κ3) is 4.19. The van der Waals surface area contributed by atoms with E-state index in [1.54, 1.807) is 0 Å². The van der Waals surface area contributed by atoms with Crippen LogP contribution in [0.2, 0.25) is 0 Å². The van der Waals surface area contributed by atoms with Gasteiger partial charge in [-0.15, -0.1) is 0 Å². The number of hydrogen-bond donors (Lipinski definition) is 2. The van der Waals surface area contributed by atoms with Crippen LogP contribution in [0, 0.1) is 17.8 Å². The van der Waals surface area contributed by atoms with Crippen LogP contribution >= 0.6 is 0 Å². The molecular formula is C16H31N3O. The van der Waals surface area contributed by atoms with Gasteiger partial charge in [0.1, 0.15) is 0 Å². The maximum atomic E-state index is 11.4. The monoisotopic (exact) mass is 281 g/mol. The summed E-state index contributed by atoms with van der Waals surface area (Å²) in [6.07, 6.45) is 7.68. The summed E-state index contributed by atoms with van der Waals surface area (Å²) >= 11 is 0. The highest BCUT2D eigenvalue weighted by atomic mass is 16.1. The van der Waals surface area contributed by atoms with E-state index in [1.165, 1.54) is 32.2 Å². The number of amides is 1. The molecule has 2 fully saturated rings. The van der Waals surface area contributed by atoms with Crippen molar-refractivity contribution in [1.29, 1.82) is 0 Å². The Labute approximate surface area is 123 Å². The number of nitrogens with zero attached hydrogens (tertiary/aromatic N) is 1. The predicted molar refractivity (Wildman–Crippen MR) is 82.3 cm³/mol. The fraction of sp³-hybridized carbons (Fsp3) is 0.938. The molecule has 20 heavy (non-hydrogen) atoms. The first-order chi connectivity index (χ1) is 9.60. The molecule has 116 valence electrons. The molecule has 0 aromatic rings. The van der Waals surface area contributed by atoms with Crippen molar-refractivity contribution in [3.05, 3.63) is 0 Å². The maximum absolute atomic E-state index is 11.4. The summed E-state index contributed by atoms with van der Waals surface area (Å²) in [4.78, 5) is 13.8. The molecule has 0 aromatic heterocycles. The lowest BCUT2D eigenvalue weighted by molar-refractivity contribution is -0.120. The van der Waals surface area contributed by atoms with Crippen LogP contribution in [0.4, 0.5) is 0 Å². The zero-order chi connectivity index (χ0) is 14.5. The van der Waals surface area contributed by atoms with Gasteiger partial charge in [-0.25, -0.2) is 0 Å². The van der Waals surface area contributed by atoms with Crippen LogP contribution in [0.25, 0.3) is 0 Å². The van der Waals surface area contributed by atoms with Crippen molar-refractivity contribution in [2.45, 2.75) is 51.5 Å². The third-order valence-electron chi connectivity index (χ3n) is 5.21. The van der Waals surface area contributed by atoms with Gasteiger partial charge in [0.2, 0.25) is 5.91 Å². The second kappa shape index (κ2) is 7.41. The largest absolute Gasteiger partial charge is 0.368 e. The topological polar surface area (TPSA) is 58.4 Å². The fourth-order valence-corrected chi connectivity index (χ4v) is 4.10. The van der Waals surface area contributed by atoms with Gasteiger partial charge in [0.15, 0.2) is 0 Å². The van der Waals surface area contributed by atoms with E-state index < -0.39 is 0 Å². The molecule has 2 aliphatic rings. The summed E-state index contributed by atoms with van der Waals surface area (Å²) in [6, 6.07) is -0.169. The van der Waals surface area contributed by atoms with Crippen molar-refractivity contribution < 1.29 is 4.79 Å². The summed E-state index contributed by atoms with van der Waals surface area (Å²) in [7, 11) is 2.18. The Hall–Kier alpha value is -0.610. The normalized spacial score (nSPS) is 30.1. The zero-order valence-electron chi connectivity index (χ0n) is 13.1. The molecule has 4 heteroatoms. The number of fused-ring (bicyclic) bond motifs is 2. The van der Waals surface area contributed by atoms with Crippen LogP contribution in [-0.2, 0) is 4.79 Å². The Balaban J connectivity index is 1.68. The first-order valence-electron chi connectivity index (χ1n) is 8.31. The highest BCUT2D eigenvalue weighted by Gasteiger charge is 2.39. The van der Waals surface area contributed by atoms with Crippen molar-refractivity contribution in [2.24, 2.45) is 23.5 Å². The van der Waals surface area contributed by atoms with E-state index in [2.05, 4.69) is 24.2 Å². The molecule has 4 unspecified atom stereocenters. The Bertz CT molecular complexity index is 321. The van der Waals surface area contributed by atoms with Gasteiger partial charge in [0, 0.05) is 6.54 Å². The molecule has 3 N–H and O–H groups in total. The maximum Gasteiger partial charge on any atom is 0.234 e. The lowest BCUT2D eigenvalue weighted by Crippen LogP contribution is -2.44. The zero-order valence-corrected chi connectivity index (χ0v) is 13.1. The molecule has 0 saturated heterocycles. The molecule has 2 saturated carbocycles. The van der Waals surface area contributed by atoms with Gasteiger partial charge in [-0.2, -0.15) is 0 Å². The number of primary amides is 1. The van der Waals surface area contributed by atoms with Crippen molar-refractivity contribution in [2.75, 3.05) is 26.7 Å². The minimum absolute atomic E-state index is 0.169. The molecule has 0 aliphatic heterocycles. The van der Waals surface area contributed by atoms with Crippen LogP contribution < -0.4 is 11.1 Å². The Morgan fingerprint density at radius 3 is 2.75 bits per heavy atom. The molecule has 4 nitrogen and oxygen atoms in total. The van der Waals surface area contributed by atoms with Crippen molar-refractivity contribution in [3.8, 4) is 0 Å². The summed E-state index contributed by atoms with van der Waals surface area (Å²) in [6.45, 7) is 5.12. The van der Waals surface area contributed by atoms with Gasteiger partial charge < -0.3 is 16.0 Å². The van der Waals surface area contributed by atoms with E-state index in [1.807, 2.05) is 0 Å². The molecule has 0 heterocycles. The van der Waals surface area contributed by atoms with E-state index >= 15 is 0 Å². The predicted octanol–water partition coefficient (Wildman–Crippen LogP) is 1.60. The number of carbonyl (C=O) groups excluding carboxylic acids is 1. The number of carbonyl (C=O) groups is 1. The van der Waals surface area contributed by atoms with Crippen LogP contribution in [0.5, 0.6) is 0 Å². The molecule has 1 amide bonds. The van der Waals surface area contributed by atoms with Crippen molar-refractivity contribution in [1.82, 2.24) is 10.2 Å². The van der Waals surface area contributed by atoms with Gasteiger partial charge in [-0.3, -0.25) is 4.79 Å². The number of hydrogen-bond acceptors (Lipinski definition) is 3. The molecule has 4 atom stereocenters. The van der Waals surface area contributed by atoms with E-state index in [-0.39, 0.29) is 11.9 Å². The number of nitrogens with one attached hydrogen (secondary N) is 1. The highest BCUT2D eigenvalue weighted by Crippen LogP contribution is 2.48. The summed E-state index contributed by atoms with van der Waals surface area (Å²) in [5.74, 6) is 2.68. The molecule has 2 aliphatic carbocycles. The quantitative estimate of drug-likeness (QED) is 0.675. The first-order valence-corrected chi connectivity index (χ1v) is 8.31. The highest BCUT2D eigenvalue weighted by molar-refractivity contribution is 5.79. The first kappa shape index (κ1) is 15.8. The van der Waals surface area contributed by atoms with Crippen LogP contribution in [0.3, 0.4) is 0 Å². The number of nitrogens with two attached hydrogens (primary N) is 1. The van der Waals surface area contributed by atoms with Gasteiger partial charge in [0.25, 0.3) is 0 Å². The fourth-order valence-electron chi connectivity index (χ4n) is 4.10. The molecule has 2 bridgehead atoms. The molecule has 2 rings (SSSR count). The minimum Gasteiger partial charge on any atom is -0.368 e. The van der Waals surface area contributed by atoms with E-state index in [0.717, 1.165) is 43.7 Å². The van der Waals surface area contributed by atoms with E-state index in [0.29, 0.717) is 0 Å². The van der Waals surface area contributed by atoms with Gasteiger partial charge >= 0.3 is 0 Å². The van der Waals surface area contributed by atoms with Crippen molar-refractivity contribution >= 4 is 5.91 Å². The number of rotatable bonds is 9. The van der Waals surface area contributed by atoms with Gasteiger partial charge in [-0.05, 0) is 70.0 Å². The molecular weight excluding hydrogens is 250 g/mol. The standard InChI is InChI=1S/C16H31N3O/c1-3-7-18-15(16(17)20)6-8-19(2)11-14-10-12-4-5-13(14)9-12/h12-15,18H,3-11H2,1-2H3,(H2,17,20). The van der Waals surface area contributed by atoms with Gasteiger partial charge in [0.05, 0.1) is 6.04 Å². The summed E-state index contributed by atoms with van der Waals surface area (Å²) in [5, 5.41) is 3.24. The van der Waals surface area contributed by atoms with Gasteiger partial charge in [-0.1, -0.05) is 13.3 Å². The van der Waals surface area contributed by atoms with Crippen LogP contribution in [-0.4, -0.2) is 43.5 Å². The summed E-state index contributed by atoms with van der Waals surface area (Å²) < 4.78 is 0. The van der Waals surface area contributed by atoms with Crippen LogP contribution in [0.1, 0.15) is 45.4 Å². The average Bonchev–Trinajstić information content (AvgIpc) is 3.00. The smallest absolute Gasteiger partial charge is 0.234 e. The molecule has 0 radical (unpaired) electrons. The second-order valence-electron chi connectivity index (χ2n) is 6.89. The Morgan fingerprint density at radius 1 is 1.40 bits per heavy atom. The minimum atomic E-state index is -0.216. The molecule has 0 aromatic carbocycles. The molecule has 0 spiro atoms. The SMILES string of the molecule is CCCNC(CCN(C)CC1CC2CCC1C2)C(N)=O. The lowest BCUT2D eigenvalue weighted by Gasteiger charge is -2.28. The van der Waals surface area contributed by atoms with E-state index in [4.69, 9.17) is 5.73 Å². The van der Waals surface area contributed by atoms with Crippen LogP contribution in [0.15, 0.2) is 0 Å². The second-order valence-corrected chi connectivity index (χ2v) is 6.89. The average molecular weight is 281 g/mol. The third-order valence-corrected chi connectivity index (χ3v) is 5.21.